The van der Waals surface area contributed by atoms with Crippen molar-refractivity contribution in [1.29, 1.82) is 0 Å². The van der Waals surface area contributed by atoms with Crippen LogP contribution in [0.5, 0.6) is 0 Å². The second-order valence-electron chi connectivity index (χ2n) is 6.16. The van der Waals surface area contributed by atoms with E-state index in [9.17, 15) is 18.9 Å². The number of carbonyl (C=O) groups excluding carboxylic acids is 1. The van der Waals surface area contributed by atoms with E-state index in [0.717, 1.165) is 9.13 Å². The van der Waals surface area contributed by atoms with Crippen molar-refractivity contribution in [2.45, 2.75) is 11.8 Å². The van der Waals surface area contributed by atoms with Crippen molar-refractivity contribution in [3.05, 3.63) is 87.0 Å². The van der Waals surface area contributed by atoms with E-state index in [1.807, 2.05) is 31.2 Å². The van der Waals surface area contributed by atoms with E-state index in [-0.39, 0.29) is 16.8 Å². The summed E-state index contributed by atoms with van der Waals surface area (Å²) in [6, 6.07) is 18.5. The Labute approximate surface area is 184 Å². The Morgan fingerprint density at radius 2 is 1.69 bits per heavy atom. The summed E-state index contributed by atoms with van der Waals surface area (Å²) in [6.45, 7) is 1.81. The number of carboxylic acids is 1. The maximum atomic E-state index is 12.8. The van der Waals surface area contributed by atoms with E-state index in [0.29, 0.717) is 10.6 Å². The van der Waals surface area contributed by atoms with Crippen LogP contribution in [0.1, 0.15) is 26.3 Å². The average Bonchev–Trinajstić information content (AvgIpc) is 2.70. The normalized spacial score (nSPS) is 11.5. The van der Waals surface area contributed by atoms with Crippen molar-refractivity contribution in [3.63, 3.8) is 0 Å². The predicted octanol–water partition coefficient (Wildman–Crippen LogP) is 4.68. The Hall–Kier alpha value is -2.72. The largest absolute Gasteiger partial charge is 0.478 e. The molecule has 0 saturated carbocycles. The topological polar surface area (TPSA) is 95.5 Å². The van der Waals surface area contributed by atoms with Gasteiger partial charge in [0.1, 0.15) is 0 Å². The fourth-order valence-electron chi connectivity index (χ4n) is 2.59. The number of rotatable bonds is 6. The van der Waals surface area contributed by atoms with Crippen LogP contribution in [0.15, 0.2) is 71.6 Å². The van der Waals surface area contributed by atoms with Crippen molar-refractivity contribution in [2.75, 3.05) is 10.0 Å². The fraction of sp³-hybridized carbons (Fsp3) is 0.0476. The van der Waals surface area contributed by atoms with Gasteiger partial charge in [0.25, 0.3) is 5.91 Å². The lowest BCUT2D eigenvalue weighted by atomic mass is 10.1. The van der Waals surface area contributed by atoms with Gasteiger partial charge in [0.05, 0.1) is 16.1 Å². The van der Waals surface area contributed by atoms with Crippen molar-refractivity contribution >= 4 is 56.8 Å². The lowest BCUT2D eigenvalue weighted by Gasteiger charge is -2.12. The van der Waals surface area contributed by atoms with Gasteiger partial charge >= 0.3 is 5.97 Å². The van der Waals surface area contributed by atoms with Gasteiger partial charge < -0.3 is 15.1 Å². The van der Waals surface area contributed by atoms with Gasteiger partial charge in [0, 0.05) is 14.8 Å². The molecule has 29 heavy (non-hydrogen) atoms. The van der Waals surface area contributed by atoms with Crippen LogP contribution in [0, 0.1) is 10.5 Å². The Balaban J connectivity index is 1.83. The van der Waals surface area contributed by atoms with Crippen LogP contribution in [0.25, 0.3) is 0 Å². The first-order valence-electron chi connectivity index (χ1n) is 8.53. The summed E-state index contributed by atoms with van der Waals surface area (Å²) in [6.07, 6.45) is 0. The maximum Gasteiger partial charge on any atom is 0.337 e. The van der Waals surface area contributed by atoms with Crippen LogP contribution in [0.4, 0.5) is 11.4 Å². The molecule has 0 radical (unpaired) electrons. The molecule has 8 heteroatoms. The highest BCUT2D eigenvalue weighted by Crippen LogP contribution is 2.21. The van der Waals surface area contributed by atoms with Crippen LogP contribution in [0.2, 0.25) is 0 Å². The van der Waals surface area contributed by atoms with Gasteiger partial charge in [-0.2, -0.15) is 0 Å². The average molecular weight is 520 g/mol. The van der Waals surface area contributed by atoms with Gasteiger partial charge in [0.2, 0.25) is 0 Å². The summed E-state index contributed by atoms with van der Waals surface area (Å²) >= 11 is 2.19. The number of hydrogen-bond acceptors (Lipinski definition) is 3. The second kappa shape index (κ2) is 9.19. The van der Waals surface area contributed by atoms with Gasteiger partial charge in [0.15, 0.2) is 11.0 Å². The van der Waals surface area contributed by atoms with Crippen LogP contribution in [-0.2, 0) is 11.0 Å². The van der Waals surface area contributed by atoms with Crippen LogP contribution < -0.4 is 10.0 Å². The number of anilines is 2. The molecule has 1 amide bonds. The Kier molecular flexibility index (Phi) is 6.65. The van der Waals surface area contributed by atoms with Crippen LogP contribution in [-0.4, -0.2) is 21.2 Å². The molecule has 3 rings (SSSR count). The third-order valence-corrected chi connectivity index (χ3v) is 6.09. The minimum absolute atomic E-state index is 0.00265. The number of carbonyl (C=O) groups is 2. The number of aromatic carboxylic acids is 1. The highest BCUT2D eigenvalue weighted by molar-refractivity contribution is 14.1. The summed E-state index contributed by atoms with van der Waals surface area (Å²) < 4.78 is 16.8. The minimum atomic E-state index is -1.56. The zero-order valence-corrected chi connectivity index (χ0v) is 18.3. The number of carboxylic acid groups (broad SMARTS) is 1. The summed E-state index contributed by atoms with van der Waals surface area (Å²) in [5.74, 6) is -1.61. The molecule has 1 unspecified atom stereocenters. The van der Waals surface area contributed by atoms with E-state index in [2.05, 4.69) is 32.6 Å². The smallest absolute Gasteiger partial charge is 0.337 e. The first kappa shape index (κ1) is 21.0. The standard InChI is InChI=1S/C21H17IN2O4S/c1-13-6-7-14(20(25)23-18-5-3-2-4-17(18)21(26)27)12-19(13)29(28)24-16-10-8-15(22)9-11-16/h2-12,24H,1H3,(H,23,25)(H,26,27). The number of para-hydroxylation sites is 1. The van der Waals surface area contributed by atoms with Gasteiger partial charge in [-0.05, 0) is 83.6 Å². The fourth-order valence-corrected chi connectivity index (χ4v) is 4.01. The quantitative estimate of drug-likeness (QED) is 0.412. The SMILES string of the molecule is Cc1ccc(C(=O)Nc2ccccc2C(=O)O)cc1S(=O)Nc1ccc(I)cc1. The first-order valence-corrected chi connectivity index (χ1v) is 10.8. The Morgan fingerprint density at radius 3 is 2.38 bits per heavy atom. The monoisotopic (exact) mass is 520 g/mol. The first-order chi connectivity index (χ1) is 13.8. The highest BCUT2D eigenvalue weighted by atomic mass is 127. The molecule has 6 nitrogen and oxygen atoms in total. The van der Waals surface area contributed by atoms with E-state index >= 15 is 0 Å². The summed E-state index contributed by atoms with van der Waals surface area (Å²) in [7, 11) is -1.56. The number of aryl methyl sites for hydroxylation is 1. The molecule has 0 bridgehead atoms. The molecule has 0 heterocycles. The molecule has 0 aliphatic heterocycles. The van der Waals surface area contributed by atoms with E-state index in [1.54, 1.807) is 30.3 Å². The molecule has 3 N–H and O–H groups in total. The lowest BCUT2D eigenvalue weighted by molar-refractivity contribution is 0.0698. The number of hydrogen-bond donors (Lipinski definition) is 3. The molecule has 0 aliphatic rings. The molecule has 0 aliphatic carbocycles. The Morgan fingerprint density at radius 1 is 1.00 bits per heavy atom. The number of halogens is 1. The van der Waals surface area contributed by atoms with Crippen LogP contribution >= 0.6 is 22.6 Å². The molecule has 0 spiro atoms. The van der Waals surface area contributed by atoms with Gasteiger partial charge in [-0.25, -0.2) is 9.00 Å². The zero-order chi connectivity index (χ0) is 21.0. The lowest BCUT2D eigenvalue weighted by Crippen LogP contribution is -2.16. The molecule has 3 aromatic rings. The number of nitrogens with one attached hydrogen (secondary N) is 2. The molecule has 3 aromatic carbocycles. The molecule has 0 saturated heterocycles. The van der Waals surface area contributed by atoms with E-state index < -0.39 is 22.9 Å². The van der Waals surface area contributed by atoms with Gasteiger partial charge in [-0.1, -0.05) is 18.2 Å². The predicted molar refractivity (Wildman–Crippen MR) is 122 cm³/mol. The molecular formula is C21H17IN2O4S. The molecular weight excluding hydrogens is 503 g/mol. The third kappa shape index (κ3) is 5.21. The Bertz CT molecular complexity index is 1100. The highest BCUT2D eigenvalue weighted by Gasteiger charge is 2.16. The van der Waals surface area contributed by atoms with Crippen molar-refractivity contribution in [2.24, 2.45) is 0 Å². The molecule has 1 atom stereocenters. The molecule has 0 aromatic heterocycles. The number of amides is 1. The summed E-state index contributed by atoms with van der Waals surface area (Å²) in [4.78, 5) is 24.4. The zero-order valence-electron chi connectivity index (χ0n) is 15.3. The van der Waals surface area contributed by atoms with Crippen molar-refractivity contribution in [3.8, 4) is 0 Å². The van der Waals surface area contributed by atoms with E-state index in [1.165, 1.54) is 12.1 Å². The van der Waals surface area contributed by atoms with Gasteiger partial charge in [-0.15, -0.1) is 0 Å². The van der Waals surface area contributed by atoms with Crippen molar-refractivity contribution < 1.29 is 18.9 Å². The third-order valence-electron chi connectivity index (χ3n) is 4.11. The minimum Gasteiger partial charge on any atom is -0.478 e. The van der Waals surface area contributed by atoms with Crippen LogP contribution in [0.3, 0.4) is 0 Å². The number of benzene rings is 3. The molecule has 0 fully saturated rings. The van der Waals surface area contributed by atoms with Gasteiger partial charge in [-0.3, -0.25) is 4.79 Å². The summed E-state index contributed by atoms with van der Waals surface area (Å²) in [5, 5.41) is 11.9. The molecule has 148 valence electrons. The maximum absolute atomic E-state index is 12.8. The summed E-state index contributed by atoms with van der Waals surface area (Å²) in [5.41, 5.74) is 1.95. The van der Waals surface area contributed by atoms with Crippen molar-refractivity contribution in [1.82, 2.24) is 0 Å². The second-order valence-corrected chi connectivity index (χ2v) is 8.59. The van der Waals surface area contributed by atoms with E-state index in [4.69, 9.17) is 0 Å².